The normalized spacial score (nSPS) is 12.1. The summed E-state index contributed by atoms with van der Waals surface area (Å²) in [6, 6.07) is 28.3. The quantitative estimate of drug-likeness (QED) is 0.311. The van der Waals surface area contributed by atoms with Crippen LogP contribution >= 0.6 is 11.6 Å². The molecule has 2 N–H and O–H groups in total. The Morgan fingerprint density at radius 3 is 2.26 bits per heavy atom. The number of rotatable bonds is 7. The lowest BCUT2D eigenvalue weighted by atomic mass is 9.94. The van der Waals surface area contributed by atoms with Crippen LogP contribution in [0.25, 0.3) is 0 Å². The lowest BCUT2D eigenvalue weighted by Crippen LogP contribution is -2.30. The van der Waals surface area contributed by atoms with Crippen LogP contribution in [0.4, 0.5) is 5.69 Å². The van der Waals surface area contributed by atoms with E-state index < -0.39 is 22.0 Å². The molecule has 35 heavy (non-hydrogen) atoms. The van der Waals surface area contributed by atoms with E-state index in [1.54, 1.807) is 18.2 Å². The van der Waals surface area contributed by atoms with E-state index in [9.17, 15) is 13.2 Å². The van der Waals surface area contributed by atoms with Gasteiger partial charge in [-0.25, -0.2) is 8.42 Å². The van der Waals surface area contributed by atoms with E-state index in [0.29, 0.717) is 5.69 Å². The van der Waals surface area contributed by atoms with E-state index in [-0.39, 0.29) is 15.5 Å². The topological polar surface area (TPSA) is 75.3 Å². The van der Waals surface area contributed by atoms with Crippen molar-refractivity contribution >= 4 is 33.2 Å². The monoisotopic (exact) mass is 504 g/mol. The summed E-state index contributed by atoms with van der Waals surface area (Å²) in [5.41, 5.74) is 4.41. The maximum Gasteiger partial charge on any atom is 0.263 e. The number of carbonyl (C=O) groups excluding carboxylic acids is 1. The third kappa shape index (κ3) is 5.73. The molecular weight excluding hydrogens is 480 g/mol. The SMILES string of the molecule is Cc1cccc(NS(=O)(=O)c2cc(C(=O)N[C@@H](c3ccccc3)c3ccccc3C)ccc2Cl)c1. The highest BCUT2D eigenvalue weighted by Gasteiger charge is 2.23. The van der Waals surface area contributed by atoms with Crippen molar-refractivity contribution in [1.29, 1.82) is 0 Å². The largest absolute Gasteiger partial charge is 0.341 e. The second-order valence-corrected chi connectivity index (χ2v) is 10.4. The zero-order valence-corrected chi connectivity index (χ0v) is 20.9. The van der Waals surface area contributed by atoms with Crippen LogP contribution in [-0.2, 0) is 10.0 Å². The lowest BCUT2D eigenvalue weighted by molar-refractivity contribution is 0.0942. The number of carbonyl (C=O) groups is 1. The molecule has 0 aromatic heterocycles. The van der Waals surface area contributed by atoms with Gasteiger partial charge in [0.1, 0.15) is 4.90 Å². The Hall–Kier alpha value is -3.61. The first-order valence-electron chi connectivity index (χ1n) is 11.0. The van der Waals surface area contributed by atoms with Gasteiger partial charge < -0.3 is 5.32 Å². The van der Waals surface area contributed by atoms with E-state index in [4.69, 9.17) is 11.6 Å². The number of amides is 1. The molecule has 0 fully saturated rings. The van der Waals surface area contributed by atoms with Gasteiger partial charge in [0.15, 0.2) is 0 Å². The fraction of sp³-hybridized carbons (Fsp3) is 0.107. The molecule has 5 nitrogen and oxygen atoms in total. The first-order chi connectivity index (χ1) is 16.7. The van der Waals surface area contributed by atoms with Crippen molar-refractivity contribution in [2.75, 3.05) is 4.72 Å². The fourth-order valence-electron chi connectivity index (χ4n) is 3.88. The predicted octanol–water partition coefficient (Wildman–Crippen LogP) is 6.28. The molecule has 0 saturated heterocycles. The molecule has 0 aliphatic heterocycles. The number of benzene rings is 4. The van der Waals surface area contributed by atoms with Crippen LogP contribution in [0.2, 0.25) is 5.02 Å². The number of nitrogens with one attached hydrogen (secondary N) is 2. The van der Waals surface area contributed by atoms with Crippen LogP contribution in [0.5, 0.6) is 0 Å². The van der Waals surface area contributed by atoms with E-state index >= 15 is 0 Å². The van der Waals surface area contributed by atoms with Crippen molar-refractivity contribution in [2.45, 2.75) is 24.8 Å². The van der Waals surface area contributed by atoms with Crippen LogP contribution in [0.3, 0.4) is 0 Å². The van der Waals surface area contributed by atoms with E-state index in [1.807, 2.05) is 74.5 Å². The minimum absolute atomic E-state index is 0.0280. The number of halogens is 1. The summed E-state index contributed by atoms with van der Waals surface area (Å²) in [6.07, 6.45) is 0. The van der Waals surface area contributed by atoms with Crippen molar-refractivity contribution in [3.8, 4) is 0 Å². The van der Waals surface area contributed by atoms with Crippen molar-refractivity contribution in [1.82, 2.24) is 5.32 Å². The summed E-state index contributed by atoms with van der Waals surface area (Å²) in [5.74, 6) is -0.411. The van der Waals surface area contributed by atoms with Crippen molar-refractivity contribution < 1.29 is 13.2 Å². The lowest BCUT2D eigenvalue weighted by Gasteiger charge is -2.22. The molecule has 1 atom stereocenters. The third-order valence-electron chi connectivity index (χ3n) is 5.66. The van der Waals surface area contributed by atoms with Gasteiger partial charge in [0.05, 0.1) is 11.1 Å². The van der Waals surface area contributed by atoms with Crippen LogP contribution in [0.1, 0.15) is 38.7 Å². The molecule has 4 aromatic rings. The Morgan fingerprint density at radius 2 is 1.54 bits per heavy atom. The van der Waals surface area contributed by atoms with Gasteiger partial charge in [-0.3, -0.25) is 9.52 Å². The maximum atomic E-state index is 13.3. The van der Waals surface area contributed by atoms with Crippen molar-refractivity contribution in [2.24, 2.45) is 0 Å². The molecular formula is C28H25ClN2O3S. The van der Waals surface area contributed by atoms with Gasteiger partial charge in [-0.05, 0) is 66.4 Å². The minimum Gasteiger partial charge on any atom is -0.341 e. The smallest absolute Gasteiger partial charge is 0.263 e. The molecule has 0 aliphatic rings. The van der Waals surface area contributed by atoms with Crippen molar-refractivity contribution in [3.05, 3.63) is 130 Å². The Morgan fingerprint density at radius 1 is 0.829 bits per heavy atom. The molecule has 4 aromatic carbocycles. The van der Waals surface area contributed by atoms with Gasteiger partial charge in [0, 0.05) is 11.3 Å². The molecule has 0 unspecified atom stereocenters. The summed E-state index contributed by atoms with van der Waals surface area (Å²) in [4.78, 5) is 13.2. The Kier molecular flexibility index (Phi) is 7.24. The third-order valence-corrected chi connectivity index (χ3v) is 7.52. The maximum absolute atomic E-state index is 13.3. The van der Waals surface area contributed by atoms with E-state index in [1.165, 1.54) is 18.2 Å². The highest BCUT2D eigenvalue weighted by molar-refractivity contribution is 7.92. The van der Waals surface area contributed by atoms with Gasteiger partial charge in [-0.15, -0.1) is 0 Å². The molecule has 0 spiro atoms. The number of hydrogen-bond donors (Lipinski definition) is 2. The van der Waals surface area contributed by atoms with Gasteiger partial charge in [0.25, 0.3) is 15.9 Å². The van der Waals surface area contributed by atoms with Crippen molar-refractivity contribution in [3.63, 3.8) is 0 Å². The Bertz CT molecular complexity index is 1470. The zero-order chi connectivity index (χ0) is 25.0. The summed E-state index contributed by atoms with van der Waals surface area (Å²) in [5, 5.41) is 3.09. The summed E-state index contributed by atoms with van der Waals surface area (Å²) in [6.45, 7) is 3.86. The molecule has 0 radical (unpaired) electrons. The molecule has 4 rings (SSSR count). The first kappa shape index (κ1) is 24.5. The average molecular weight is 505 g/mol. The van der Waals surface area contributed by atoms with Crippen LogP contribution in [-0.4, -0.2) is 14.3 Å². The summed E-state index contributed by atoms with van der Waals surface area (Å²) >= 11 is 6.25. The Balaban J connectivity index is 1.66. The summed E-state index contributed by atoms with van der Waals surface area (Å²) in [7, 11) is -4.02. The summed E-state index contributed by atoms with van der Waals surface area (Å²) < 4.78 is 28.7. The highest BCUT2D eigenvalue weighted by Crippen LogP contribution is 2.28. The molecule has 178 valence electrons. The van der Waals surface area contributed by atoms with Gasteiger partial charge >= 0.3 is 0 Å². The van der Waals surface area contributed by atoms with Gasteiger partial charge in [-0.1, -0.05) is 78.3 Å². The number of hydrogen-bond acceptors (Lipinski definition) is 3. The molecule has 7 heteroatoms. The highest BCUT2D eigenvalue weighted by atomic mass is 35.5. The zero-order valence-electron chi connectivity index (χ0n) is 19.3. The van der Waals surface area contributed by atoms with Crippen LogP contribution < -0.4 is 10.0 Å². The first-order valence-corrected chi connectivity index (χ1v) is 12.9. The standard InChI is InChI=1S/C28H25ClN2O3S/c1-19-9-8-13-23(17-19)31-35(33,34)26-18-22(15-16-25(26)29)28(32)30-27(21-11-4-3-5-12-21)24-14-7-6-10-20(24)2/h3-18,27,31H,1-2H3,(H,30,32)/t27-/m0/s1. The fourth-order valence-corrected chi connectivity index (χ4v) is 5.46. The number of aryl methyl sites for hydroxylation is 2. The second kappa shape index (κ2) is 10.3. The molecule has 0 bridgehead atoms. The van der Waals surface area contributed by atoms with Crippen LogP contribution in [0, 0.1) is 13.8 Å². The molecule has 0 heterocycles. The van der Waals surface area contributed by atoms with E-state index in [2.05, 4.69) is 10.0 Å². The Labute approximate surface area is 210 Å². The van der Waals surface area contributed by atoms with E-state index in [0.717, 1.165) is 22.3 Å². The average Bonchev–Trinajstić information content (AvgIpc) is 2.83. The van der Waals surface area contributed by atoms with Crippen LogP contribution in [0.15, 0.2) is 102 Å². The molecule has 0 aliphatic carbocycles. The molecule has 0 saturated carbocycles. The second-order valence-electron chi connectivity index (χ2n) is 8.29. The van der Waals surface area contributed by atoms with Gasteiger partial charge in [-0.2, -0.15) is 0 Å². The number of anilines is 1. The predicted molar refractivity (Wildman–Crippen MR) is 140 cm³/mol. The molecule has 1 amide bonds. The minimum atomic E-state index is -4.02. The van der Waals surface area contributed by atoms with Gasteiger partial charge in [0.2, 0.25) is 0 Å². The number of sulfonamides is 1.